The molecule has 2 fully saturated rings. The van der Waals surface area contributed by atoms with Crippen LogP contribution in [0.4, 0.5) is 10.5 Å². The van der Waals surface area contributed by atoms with Crippen LogP contribution in [0.5, 0.6) is 0 Å². The molecule has 32 heavy (non-hydrogen) atoms. The third-order valence-electron chi connectivity index (χ3n) is 6.56. The molecular formula is C24H27N5O3. The smallest absolute Gasteiger partial charge is 0.321 e. The van der Waals surface area contributed by atoms with Gasteiger partial charge in [-0.3, -0.25) is 4.98 Å². The van der Waals surface area contributed by atoms with E-state index in [9.17, 15) is 4.79 Å². The van der Waals surface area contributed by atoms with Gasteiger partial charge in [0.2, 0.25) is 11.8 Å². The van der Waals surface area contributed by atoms with E-state index in [1.165, 1.54) is 0 Å². The highest BCUT2D eigenvalue weighted by Gasteiger charge is 2.51. The number of rotatable bonds is 3. The standard InChI is InChI=1S/C24H27N5O3/c1-16-11-17(2)13-19(12-16)26-23(30)29-14-20(24(15-29)5-9-31-10-6-24)22-28-27-21(32-22)18-3-7-25-8-4-18/h3-4,7-8,11-13,20H,5-6,9-10,14-15H2,1-2H3,(H,26,30). The molecule has 1 spiro atoms. The number of hydrogen-bond acceptors (Lipinski definition) is 6. The Balaban J connectivity index is 1.40. The van der Waals surface area contributed by atoms with E-state index in [4.69, 9.17) is 9.15 Å². The van der Waals surface area contributed by atoms with Gasteiger partial charge in [-0.25, -0.2) is 4.79 Å². The number of aryl methyl sites for hydroxylation is 2. The van der Waals surface area contributed by atoms with E-state index in [0.29, 0.717) is 38.1 Å². The number of urea groups is 1. The lowest BCUT2D eigenvalue weighted by Gasteiger charge is -2.36. The molecule has 8 nitrogen and oxygen atoms in total. The topological polar surface area (TPSA) is 93.4 Å². The minimum atomic E-state index is -0.125. The summed E-state index contributed by atoms with van der Waals surface area (Å²) >= 11 is 0. The van der Waals surface area contributed by atoms with Crippen LogP contribution in [-0.4, -0.2) is 52.4 Å². The molecule has 8 heteroatoms. The maximum Gasteiger partial charge on any atom is 0.321 e. The van der Waals surface area contributed by atoms with Crippen LogP contribution in [0.1, 0.15) is 35.8 Å². The second-order valence-corrected chi connectivity index (χ2v) is 8.90. The monoisotopic (exact) mass is 433 g/mol. The van der Waals surface area contributed by atoms with E-state index >= 15 is 0 Å². The van der Waals surface area contributed by atoms with Crippen LogP contribution in [0, 0.1) is 19.3 Å². The fraction of sp³-hybridized carbons (Fsp3) is 0.417. The predicted molar refractivity (Wildman–Crippen MR) is 119 cm³/mol. The number of aromatic nitrogens is 3. The molecular weight excluding hydrogens is 406 g/mol. The zero-order chi connectivity index (χ0) is 22.1. The molecule has 1 aromatic carbocycles. The number of pyridine rings is 1. The van der Waals surface area contributed by atoms with E-state index in [2.05, 4.69) is 26.6 Å². The first-order valence-corrected chi connectivity index (χ1v) is 11.0. The highest BCUT2D eigenvalue weighted by atomic mass is 16.5. The lowest BCUT2D eigenvalue weighted by molar-refractivity contribution is 0.0104. The summed E-state index contributed by atoms with van der Waals surface area (Å²) in [7, 11) is 0. The average Bonchev–Trinajstić information content (AvgIpc) is 3.40. The maximum absolute atomic E-state index is 13.2. The van der Waals surface area contributed by atoms with Gasteiger partial charge in [0.15, 0.2) is 0 Å². The van der Waals surface area contributed by atoms with Crippen LogP contribution >= 0.6 is 0 Å². The fourth-order valence-corrected chi connectivity index (χ4v) is 4.98. The van der Waals surface area contributed by atoms with Crippen molar-refractivity contribution in [2.45, 2.75) is 32.6 Å². The number of nitrogens with one attached hydrogen (secondary N) is 1. The maximum atomic E-state index is 13.2. The summed E-state index contributed by atoms with van der Waals surface area (Å²) in [4.78, 5) is 19.1. The van der Waals surface area contributed by atoms with Crippen LogP contribution in [0.25, 0.3) is 11.5 Å². The average molecular weight is 434 g/mol. The predicted octanol–water partition coefficient (Wildman–Crippen LogP) is 4.18. The highest BCUT2D eigenvalue weighted by molar-refractivity contribution is 5.90. The van der Waals surface area contributed by atoms with E-state index in [0.717, 1.165) is 35.2 Å². The normalized spacial score (nSPS) is 19.9. The van der Waals surface area contributed by atoms with Crippen molar-refractivity contribution in [3.05, 3.63) is 59.7 Å². The molecule has 5 rings (SSSR count). The second kappa shape index (κ2) is 8.35. The number of ether oxygens (including phenoxy) is 1. The molecule has 1 N–H and O–H groups in total. The Morgan fingerprint density at radius 2 is 1.81 bits per heavy atom. The Morgan fingerprint density at radius 1 is 1.09 bits per heavy atom. The van der Waals surface area contributed by atoms with Crippen molar-refractivity contribution >= 4 is 11.7 Å². The molecule has 0 bridgehead atoms. The first-order chi connectivity index (χ1) is 15.5. The summed E-state index contributed by atoms with van der Waals surface area (Å²) in [6.07, 6.45) is 5.12. The van der Waals surface area contributed by atoms with E-state index < -0.39 is 0 Å². The van der Waals surface area contributed by atoms with Crippen molar-refractivity contribution < 1.29 is 13.9 Å². The minimum absolute atomic E-state index is 0.0283. The summed E-state index contributed by atoms with van der Waals surface area (Å²) in [6.45, 7) is 6.59. The molecule has 2 saturated heterocycles. The lowest BCUT2D eigenvalue weighted by atomic mass is 9.72. The molecule has 2 aliphatic heterocycles. The second-order valence-electron chi connectivity index (χ2n) is 8.90. The minimum Gasteiger partial charge on any atom is -0.420 e. The van der Waals surface area contributed by atoms with E-state index in [1.54, 1.807) is 12.4 Å². The van der Waals surface area contributed by atoms with Crippen LogP contribution in [0.15, 0.2) is 47.1 Å². The van der Waals surface area contributed by atoms with Gasteiger partial charge in [0.25, 0.3) is 0 Å². The fourth-order valence-electron chi connectivity index (χ4n) is 4.98. The quantitative estimate of drug-likeness (QED) is 0.666. The number of nitrogens with zero attached hydrogens (tertiary/aromatic N) is 4. The van der Waals surface area contributed by atoms with Crippen molar-refractivity contribution in [2.75, 3.05) is 31.6 Å². The molecule has 2 aliphatic rings. The Hall–Kier alpha value is -3.26. The van der Waals surface area contributed by atoms with Gasteiger partial charge in [-0.15, -0.1) is 10.2 Å². The number of likely N-dealkylation sites (tertiary alicyclic amines) is 1. The Bertz CT molecular complexity index is 1090. The van der Waals surface area contributed by atoms with Crippen molar-refractivity contribution in [3.8, 4) is 11.5 Å². The summed E-state index contributed by atoms with van der Waals surface area (Å²) < 4.78 is 11.7. The van der Waals surface area contributed by atoms with Gasteiger partial charge in [-0.2, -0.15) is 0 Å². The van der Waals surface area contributed by atoms with Gasteiger partial charge in [0.1, 0.15) is 0 Å². The Labute approximate surface area is 187 Å². The van der Waals surface area contributed by atoms with Crippen LogP contribution in [-0.2, 0) is 4.74 Å². The molecule has 0 radical (unpaired) electrons. The highest BCUT2D eigenvalue weighted by Crippen LogP contribution is 2.49. The molecule has 4 heterocycles. The zero-order valence-electron chi connectivity index (χ0n) is 18.4. The van der Waals surface area contributed by atoms with E-state index in [1.807, 2.05) is 43.0 Å². The number of anilines is 1. The van der Waals surface area contributed by atoms with Crippen molar-refractivity contribution in [1.82, 2.24) is 20.1 Å². The van der Waals surface area contributed by atoms with Gasteiger partial charge >= 0.3 is 6.03 Å². The third kappa shape index (κ3) is 3.98. The number of benzene rings is 1. The summed E-state index contributed by atoms with van der Waals surface area (Å²) in [6, 6.07) is 9.66. The van der Waals surface area contributed by atoms with Crippen molar-refractivity contribution in [3.63, 3.8) is 0 Å². The van der Waals surface area contributed by atoms with Crippen LogP contribution in [0.2, 0.25) is 0 Å². The van der Waals surface area contributed by atoms with Gasteiger partial charge in [0.05, 0.1) is 5.92 Å². The third-order valence-corrected chi connectivity index (χ3v) is 6.56. The van der Waals surface area contributed by atoms with Gasteiger partial charge in [-0.1, -0.05) is 6.07 Å². The molecule has 0 saturated carbocycles. The molecule has 1 atom stereocenters. The first-order valence-electron chi connectivity index (χ1n) is 11.0. The first kappa shape index (κ1) is 20.6. The van der Waals surface area contributed by atoms with Gasteiger partial charge in [-0.05, 0) is 62.1 Å². The Morgan fingerprint density at radius 3 is 2.53 bits per heavy atom. The molecule has 0 aliphatic carbocycles. The summed E-state index contributed by atoms with van der Waals surface area (Å²) in [5.41, 5.74) is 3.77. The van der Waals surface area contributed by atoms with Crippen molar-refractivity contribution in [1.29, 1.82) is 0 Å². The molecule has 2 amide bonds. The molecule has 2 aromatic heterocycles. The Kier molecular flexibility index (Phi) is 5.38. The number of carbonyl (C=O) groups is 1. The van der Waals surface area contributed by atoms with Crippen LogP contribution in [0.3, 0.4) is 0 Å². The van der Waals surface area contributed by atoms with Crippen molar-refractivity contribution in [2.24, 2.45) is 5.41 Å². The van der Waals surface area contributed by atoms with Gasteiger partial charge in [0, 0.05) is 55.4 Å². The number of carbonyl (C=O) groups excluding carboxylic acids is 1. The largest absolute Gasteiger partial charge is 0.420 e. The molecule has 1 unspecified atom stereocenters. The molecule has 3 aromatic rings. The number of hydrogen-bond donors (Lipinski definition) is 1. The molecule has 166 valence electrons. The number of amides is 2. The van der Waals surface area contributed by atoms with Crippen LogP contribution < -0.4 is 5.32 Å². The van der Waals surface area contributed by atoms with E-state index in [-0.39, 0.29) is 17.4 Å². The zero-order valence-corrected chi connectivity index (χ0v) is 18.4. The van der Waals surface area contributed by atoms with Gasteiger partial charge < -0.3 is 19.4 Å². The summed E-state index contributed by atoms with van der Waals surface area (Å²) in [5.74, 6) is 1.03. The SMILES string of the molecule is Cc1cc(C)cc(NC(=O)N2CC(c3nnc(-c4ccncc4)o3)C3(CCOCC3)C2)c1. The summed E-state index contributed by atoms with van der Waals surface area (Å²) in [5, 5.41) is 11.7. The lowest BCUT2D eigenvalue weighted by Crippen LogP contribution is -2.38.